The molecule has 6 aliphatic rings. The van der Waals surface area contributed by atoms with E-state index in [0.29, 0.717) is 48.6 Å². The fourth-order valence-corrected chi connectivity index (χ4v) is 10.9. The van der Waals surface area contributed by atoms with Crippen LogP contribution in [-0.2, 0) is 16.0 Å². The number of phenolic OH excluding ortho intramolecular Hbond substituents is 1. The first-order chi connectivity index (χ1) is 28.8. The summed E-state index contributed by atoms with van der Waals surface area (Å²) in [5.41, 5.74) is 8.39. The Labute approximate surface area is 346 Å². The van der Waals surface area contributed by atoms with E-state index in [4.69, 9.17) is 9.47 Å². The zero-order valence-electron chi connectivity index (χ0n) is 33.7. The molecule has 4 unspecified atom stereocenters. The van der Waals surface area contributed by atoms with Gasteiger partial charge in [0, 0.05) is 56.6 Å². The molecule has 3 aromatic carbocycles. The molecule has 0 bridgehead atoms. The highest BCUT2D eigenvalue weighted by Gasteiger charge is 2.44. The van der Waals surface area contributed by atoms with Gasteiger partial charge < -0.3 is 35.0 Å². The molecule has 11 heteroatoms. The number of hydrogen-bond donors (Lipinski definition) is 3. The van der Waals surface area contributed by atoms with Gasteiger partial charge in [0.15, 0.2) is 0 Å². The number of benzene rings is 3. The van der Waals surface area contributed by atoms with Crippen molar-refractivity contribution in [2.75, 3.05) is 62.3 Å². The van der Waals surface area contributed by atoms with Gasteiger partial charge in [-0.25, -0.2) is 4.98 Å². The topological polar surface area (TPSA) is 120 Å². The van der Waals surface area contributed by atoms with Gasteiger partial charge in [0.25, 0.3) is 5.91 Å². The van der Waals surface area contributed by atoms with Gasteiger partial charge in [-0.15, -0.1) is 0 Å². The fourth-order valence-electron chi connectivity index (χ4n) is 10.9. The highest BCUT2D eigenvalue weighted by Crippen LogP contribution is 2.48. The average Bonchev–Trinajstić information content (AvgIpc) is 3.65. The third-order valence-electron chi connectivity index (χ3n) is 13.9. The average molecular weight is 795 g/mol. The number of ether oxygens (including phenoxy) is 2. The number of carbonyl (C=O) groups excluding carboxylic acids is 2. The second-order valence-corrected chi connectivity index (χ2v) is 17.7. The molecule has 306 valence electrons. The van der Waals surface area contributed by atoms with Crippen LogP contribution in [0.1, 0.15) is 83.1 Å². The summed E-state index contributed by atoms with van der Waals surface area (Å²) in [5, 5.41) is 15.8. The molecule has 2 amide bonds. The summed E-state index contributed by atoms with van der Waals surface area (Å²) in [6, 6.07) is 29.4. The van der Waals surface area contributed by atoms with E-state index < -0.39 is 6.04 Å². The van der Waals surface area contributed by atoms with E-state index in [2.05, 4.69) is 97.6 Å². The molecule has 1 aromatic heterocycles. The number of nitrogens with one attached hydrogen (secondary N) is 2. The highest BCUT2D eigenvalue weighted by atomic mass is 16.5. The normalized spacial score (nSPS) is 26.3. The molecule has 6 heterocycles. The number of allylic oxidation sites excluding steroid dienone is 1. The van der Waals surface area contributed by atoms with E-state index in [1.165, 1.54) is 27.9 Å². The van der Waals surface area contributed by atoms with Crippen molar-refractivity contribution in [3.05, 3.63) is 125 Å². The van der Waals surface area contributed by atoms with Crippen molar-refractivity contribution in [2.45, 2.75) is 74.5 Å². The molecule has 4 aromatic rings. The Bertz CT molecular complexity index is 2220. The van der Waals surface area contributed by atoms with Crippen LogP contribution in [0.3, 0.4) is 0 Å². The Morgan fingerprint density at radius 1 is 0.932 bits per heavy atom. The van der Waals surface area contributed by atoms with Gasteiger partial charge in [-0.2, -0.15) is 0 Å². The van der Waals surface area contributed by atoms with Crippen LogP contribution >= 0.6 is 0 Å². The SMILES string of the molecule is C=C1CC[C@H](NC(=O)c2ccc3c(n2)OCC2CN(CC4COC5(CCN(c6ccc(C7c8ccc(O)cc8CCC7c7ccccc7)cc6)CC5)C4)CCN32)C(=O)N1. The van der Waals surface area contributed by atoms with Crippen LogP contribution < -0.4 is 25.2 Å². The van der Waals surface area contributed by atoms with Gasteiger partial charge in [0.2, 0.25) is 11.8 Å². The predicted octanol–water partition coefficient (Wildman–Crippen LogP) is 6.13. The summed E-state index contributed by atoms with van der Waals surface area (Å²) in [7, 11) is 0. The van der Waals surface area contributed by atoms with Crippen LogP contribution in [0, 0.1) is 5.92 Å². The smallest absolute Gasteiger partial charge is 0.270 e. The van der Waals surface area contributed by atoms with E-state index in [-0.39, 0.29) is 35.1 Å². The molecule has 5 atom stereocenters. The lowest BCUT2D eigenvalue weighted by Crippen LogP contribution is -2.58. The Morgan fingerprint density at radius 3 is 2.58 bits per heavy atom. The number of aromatic nitrogens is 1. The largest absolute Gasteiger partial charge is 0.508 e. The number of phenols is 1. The molecule has 1 aliphatic carbocycles. The number of aromatic hydroxyl groups is 1. The summed E-state index contributed by atoms with van der Waals surface area (Å²) in [6.07, 6.45) is 6.38. The van der Waals surface area contributed by atoms with E-state index in [9.17, 15) is 14.7 Å². The lowest BCUT2D eigenvalue weighted by atomic mass is 9.69. The minimum Gasteiger partial charge on any atom is -0.508 e. The number of hydrogen-bond acceptors (Lipinski definition) is 9. The number of piperazine rings is 1. The van der Waals surface area contributed by atoms with Gasteiger partial charge >= 0.3 is 0 Å². The van der Waals surface area contributed by atoms with Crippen LogP contribution in [-0.4, -0.2) is 97.0 Å². The third kappa shape index (κ3) is 7.55. The molecule has 4 fully saturated rings. The number of piperidine rings is 2. The number of carbonyl (C=O) groups is 2. The molecular formula is C48H54N6O5. The van der Waals surface area contributed by atoms with Crippen LogP contribution in [0.25, 0.3) is 0 Å². The summed E-state index contributed by atoms with van der Waals surface area (Å²) < 4.78 is 12.8. The Morgan fingerprint density at radius 2 is 1.76 bits per heavy atom. The number of nitrogens with zero attached hydrogens (tertiary/aromatic N) is 4. The van der Waals surface area contributed by atoms with Crippen LogP contribution in [0.2, 0.25) is 0 Å². The molecule has 3 N–H and O–H groups in total. The highest BCUT2D eigenvalue weighted by molar-refractivity contribution is 5.97. The first-order valence-electron chi connectivity index (χ1n) is 21.6. The third-order valence-corrected chi connectivity index (χ3v) is 13.9. The van der Waals surface area contributed by atoms with E-state index in [1.807, 2.05) is 18.2 Å². The molecule has 0 saturated carbocycles. The lowest BCUT2D eigenvalue weighted by Gasteiger charge is -2.45. The summed E-state index contributed by atoms with van der Waals surface area (Å²) in [4.78, 5) is 37.3. The van der Waals surface area contributed by atoms with E-state index in [0.717, 1.165) is 83.7 Å². The van der Waals surface area contributed by atoms with Crippen molar-refractivity contribution >= 4 is 23.2 Å². The zero-order valence-corrected chi connectivity index (χ0v) is 33.7. The van der Waals surface area contributed by atoms with Crippen molar-refractivity contribution in [2.24, 2.45) is 5.92 Å². The molecule has 59 heavy (non-hydrogen) atoms. The molecule has 1 spiro atoms. The number of fused-ring (bicyclic) bond motifs is 4. The standard InChI is InChI=1S/C48H54N6O5/c1-31-7-16-41(45(56)49-31)50-46(57)42-17-18-43-47(51-42)58-30-37-28-52(23-24-54(37)43)27-32-26-48(59-29-32)19-21-53(22-20-48)36-11-8-34(9-12-36)44-39(33-5-3-2-4-6-33)14-10-35-25-38(55)13-15-40(35)44/h2-6,8-9,11-13,15,17-18,25,32,37,39,41,44,55H,1,7,10,14,16,19-24,26-30H2,(H,49,56)(H,50,57)/t32?,37?,39?,41-,44?/m0/s1. The zero-order chi connectivity index (χ0) is 40.1. The summed E-state index contributed by atoms with van der Waals surface area (Å²) >= 11 is 0. The van der Waals surface area contributed by atoms with Crippen molar-refractivity contribution in [1.82, 2.24) is 20.5 Å². The van der Waals surface area contributed by atoms with Crippen LogP contribution in [0.5, 0.6) is 11.6 Å². The maximum Gasteiger partial charge on any atom is 0.270 e. The number of rotatable bonds is 7. The van der Waals surface area contributed by atoms with Crippen molar-refractivity contribution in [1.29, 1.82) is 0 Å². The second kappa shape index (κ2) is 15.7. The second-order valence-electron chi connectivity index (χ2n) is 17.7. The molecular weight excluding hydrogens is 741 g/mol. The van der Waals surface area contributed by atoms with Gasteiger partial charge in [0.1, 0.15) is 29.8 Å². The maximum absolute atomic E-state index is 13.0. The van der Waals surface area contributed by atoms with Crippen molar-refractivity contribution in [3.8, 4) is 11.6 Å². The quantitative estimate of drug-likeness (QED) is 0.203. The summed E-state index contributed by atoms with van der Waals surface area (Å²) in [6.45, 7) is 10.9. The Hall–Kier alpha value is -5.39. The van der Waals surface area contributed by atoms with Crippen molar-refractivity contribution < 1.29 is 24.2 Å². The van der Waals surface area contributed by atoms with Crippen LogP contribution in [0.15, 0.2) is 97.2 Å². The fraction of sp³-hybridized carbons (Fsp3) is 0.438. The predicted molar refractivity (Wildman–Crippen MR) is 227 cm³/mol. The number of aryl methyl sites for hydroxylation is 1. The number of amides is 2. The van der Waals surface area contributed by atoms with E-state index in [1.54, 1.807) is 6.07 Å². The monoisotopic (exact) mass is 794 g/mol. The first-order valence-corrected chi connectivity index (χ1v) is 21.6. The Kier molecular flexibility index (Phi) is 10.0. The molecule has 10 rings (SSSR count). The van der Waals surface area contributed by atoms with Gasteiger partial charge in [-0.05, 0) is 115 Å². The maximum atomic E-state index is 13.0. The minimum absolute atomic E-state index is 0.0405. The first kappa shape index (κ1) is 37.9. The van der Waals surface area contributed by atoms with Gasteiger partial charge in [0.05, 0.1) is 18.2 Å². The number of anilines is 2. The number of pyridine rings is 1. The Balaban J connectivity index is 0.725. The van der Waals surface area contributed by atoms with Gasteiger partial charge in [-0.3, -0.25) is 14.5 Å². The lowest BCUT2D eigenvalue weighted by molar-refractivity contribution is -0.123. The van der Waals surface area contributed by atoms with Crippen molar-refractivity contribution in [3.63, 3.8) is 0 Å². The molecule has 4 saturated heterocycles. The molecule has 5 aliphatic heterocycles. The molecule has 11 nitrogen and oxygen atoms in total. The summed E-state index contributed by atoms with van der Waals surface area (Å²) in [5.74, 6) is 1.36. The minimum atomic E-state index is -0.598. The van der Waals surface area contributed by atoms with Crippen LogP contribution in [0.4, 0.5) is 11.4 Å². The van der Waals surface area contributed by atoms with Gasteiger partial charge in [-0.1, -0.05) is 55.1 Å². The van der Waals surface area contributed by atoms with E-state index >= 15 is 0 Å². The molecule has 0 radical (unpaired) electrons.